The molecule has 0 aliphatic carbocycles. The van der Waals surface area contributed by atoms with Gasteiger partial charge in [-0.15, -0.1) is 0 Å². The molecule has 0 fully saturated rings. The molecular formula is C26H54S. The van der Waals surface area contributed by atoms with Gasteiger partial charge in [-0.05, 0) is 67.4 Å². The molecule has 0 aromatic rings. The van der Waals surface area contributed by atoms with Crippen LogP contribution in [0.5, 0.6) is 0 Å². The molecule has 0 bridgehead atoms. The first-order valence-corrected chi connectivity index (χ1v) is 13.2. The summed E-state index contributed by atoms with van der Waals surface area (Å²) in [5, 5.41) is 0. The molecular weight excluding hydrogens is 344 g/mol. The fraction of sp³-hybridized carbons (Fsp3) is 1.00. The Kier molecular flexibility index (Phi) is 13.7. The Hall–Kier alpha value is 0.350. The molecule has 0 aliphatic heterocycles. The Balaban J connectivity index is 4.68. The molecule has 27 heavy (non-hydrogen) atoms. The third-order valence-electron chi connectivity index (χ3n) is 6.45. The van der Waals surface area contributed by atoms with Crippen LogP contribution in [0.15, 0.2) is 0 Å². The van der Waals surface area contributed by atoms with Crippen molar-refractivity contribution in [1.29, 1.82) is 0 Å². The maximum atomic E-state index is 2.54. The lowest BCUT2D eigenvalue weighted by Gasteiger charge is -2.31. The Morgan fingerprint density at radius 2 is 1.41 bits per heavy atom. The number of unbranched alkanes of at least 4 members (excludes halogenated alkanes) is 1. The molecule has 0 saturated heterocycles. The van der Waals surface area contributed by atoms with Gasteiger partial charge in [-0.2, -0.15) is 11.8 Å². The predicted octanol–water partition coefficient (Wildman–Crippen LogP) is 9.62. The van der Waals surface area contributed by atoms with Crippen molar-refractivity contribution in [2.75, 3.05) is 6.26 Å². The third kappa shape index (κ3) is 14.9. The van der Waals surface area contributed by atoms with Crippen molar-refractivity contribution in [2.45, 2.75) is 131 Å². The molecule has 0 radical (unpaired) electrons. The van der Waals surface area contributed by atoms with E-state index in [0.717, 1.165) is 23.7 Å². The lowest BCUT2D eigenvalue weighted by atomic mass is 9.75. The summed E-state index contributed by atoms with van der Waals surface area (Å²) in [6, 6.07) is 0. The van der Waals surface area contributed by atoms with Crippen LogP contribution in [0.4, 0.5) is 0 Å². The second kappa shape index (κ2) is 13.6. The summed E-state index contributed by atoms with van der Waals surface area (Å²) in [5.74, 6) is 3.60. The van der Waals surface area contributed by atoms with E-state index < -0.39 is 0 Å². The highest BCUT2D eigenvalue weighted by Crippen LogP contribution is 2.36. The van der Waals surface area contributed by atoms with Crippen LogP contribution in [0, 0.1) is 29.1 Å². The summed E-state index contributed by atoms with van der Waals surface area (Å²) < 4.78 is 0.458. The standard InChI is InChI=1S/C26H54S/c1-11-14-24(22(4)16-18-25(5,6)7)20-23(19-21(2)3)15-12-13-17-26(8,9)27-10/h21-24H,11-20H2,1-10H3. The second-order valence-electron chi connectivity index (χ2n) is 11.6. The lowest BCUT2D eigenvalue weighted by molar-refractivity contribution is 0.205. The van der Waals surface area contributed by atoms with Crippen LogP contribution < -0.4 is 0 Å². The highest BCUT2D eigenvalue weighted by Gasteiger charge is 2.24. The van der Waals surface area contributed by atoms with E-state index in [9.17, 15) is 0 Å². The van der Waals surface area contributed by atoms with Crippen molar-refractivity contribution in [2.24, 2.45) is 29.1 Å². The van der Waals surface area contributed by atoms with Gasteiger partial charge in [-0.25, -0.2) is 0 Å². The number of hydrogen-bond donors (Lipinski definition) is 0. The maximum absolute atomic E-state index is 2.54. The largest absolute Gasteiger partial charge is 0.159 e. The molecule has 0 nitrogen and oxygen atoms in total. The maximum Gasteiger partial charge on any atom is 0.0100 e. The fourth-order valence-corrected chi connectivity index (χ4v) is 4.76. The second-order valence-corrected chi connectivity index (χ2v) is 13.1. The van der Waals surface area contributed by atoms with Gasteiger partial charge in [-0.1, -0.05) is 94.4 Å². The zero-order valence-corrected chi connectivity index (χ0v) is 21.6. The normalized spacial score (nSPS) is 16.6. The predicted molar refractivity (Wildman–Crippen MR) is 130 cm³/mol. The van der Waals surface area contributed by atoms with Crippen molar-refractivity contribution in [3.05, 3.63) is 0 Å². The molecule has 0 N–H and O–H groups in total. The molecule has 0 heterocycles. The zero-order chi connectivity index (χ0) is 21.1. The average molecular weight is 399 g/mol. The van der Waals surface area contributed by atoms with Gasteiger partial charge in [0.05, 0.1) is 0 Å². The molecule has 0 aliphatic rings. The van der Waals surface area contributed by atoms with Gasteiger partial charge in [-0.3, -0.25) is 0 Å². The SMILES string of the molecule is CCCC(CC(CCCCC(C)(C)SC)CC(C)C)C(C)CCC(C)(C)C. The van der Waals surface area contributed by atoms with Crippen LogP contribution in [-0.4, -0.2) is 11.0 Å². The minimum atomic E-state index is 0.458. The fourth-order valence-electron chi connectivity index (χ4n) is 4.41. The van der Waals surface area contributed by atoms with E-state index in [1.165, 1.54) is 64.2 Å². The smallest absolute Gasteiger partial charge is 0.0100 e. The molecule has 1 heteroatoms. The minimum absolute atomic E-state index is 0.458. The van der Waals surface area contributed by atoms with E-state index in [1.54, 1.807) is 0 Å². The first-order chi connectivity index (χ1) is 12.4. The van der Waals surface area contributed by atoms with E-state index in [2.05, 4.69) is 68.6 Å². The average Bonchev–Trinajstić information content (AvgIpc) is 2.54. The Labute approximate surface area is 178 Å². The third-order valence-corrected chi connectivity index (χ3v) is 7.76. The molecule has 0 spiro atoms. The van der Waals surface area contributed by atoms with Crippen LogP contribution in [0.1, 0.15) is 127 Å². The van der Waals surface area contributed by atoms with Crippen LogP contribution in [0.3, 0.4) is 0 Å². The van der Waals surface area contributed by atoms with Gasteiger partial charge in [0.2, 0.25) is 0 Å². The van der Waals surface area contributed by atoms with Gasteiger partial charge in [0.25, 0.3) is 0 Å². The van der Waals surface area contributed by atoms with E-state index in [1.807, 2.05) is 11.8 Å². The summed E-state index contributed by atoms with van der Waals surface area (Å²) >= 11 is 2.03. The quantitative estimate of drug-likeness (QED) is 0.247. The summed E-state index contributed by atoms with van der Waals surface area (Å²) in [4.78, 5) is 0. The summed E-state index contributed by atoms with van der Waals surface area (Å²) in [6.45, 7) is 21.7. The summed E-state index contributed by atoms with van der Waals surface area (Å²) in [6.07, 6.45) is 16.4. The molecule has 0 rings (SSSR count). The van der Waals surface area contributed by atoms with Gasteiger partial charge in [0.15, 0.2) is 0 Å². The zero-order valence-electron chi connectivity index (χ0n) is 20.8. The Morgan fingerprint density at radius 1 is 0.778 bits per heavy atom. The van der Waals surface area contributed by atoms with E-state index >= 15 is 0 Å². The van der Waals surface area contributed by atoms with Gasteiger partial charge < -0.3 is 0 Å². The highest BCUT2D eigenvalue weighted by atomic mass is 32.2. The van der Waals surface area contributed by atoms with E-state index in [0.29, 0.717) is 10.2 Å². The van der Waals surface area contributed by atoms with Crippen molar-refractivity contribution in [3.63, 3.8) is 0 Å². The monoisotopic (exact) mass is 398 g/mol. The number of thioether (sulfide) groups is 1. The molecule has 0 saturated carbocycles. The highest BCUT2D eigenvalue weighted by molar-refractivity contribution is 7.99. The first kappa shape index (κ1) is 27.4. The topological polar surface area (TPSA) is 0 Å². The Bertz CT molecular complexity index is 350. The van der Waals surface area contributed by atoms with Crippen LogP contribution in [-0.2, 0) is 0 Å². The molecule has 164 valence electrons. The van der Waals surface area contributed by atoms with Crippen molar-refractivity contribution < 1.29 is 0 Å². The van der Waals surface area contributed by atoms with Crippen LogP contribution in [0.2, 0.25) is 0 Å². The van der Waals surface area contributed by atoms with E-state index in [-0.39, 0.29) is 0 Å². The lowest BCUT2D eigenvalue weighted by Crippen LogP contribution is -2.20. The van der Waals surface area contributed by atoms with Crippen molar-refractivity contribution >= 4 is 11.8 Å². The molecule has 0 aromatic heterocycles. The van der Waals surface area contributed by atoms with Gasteiger partial charge in [0.1, 0.15) is 0 Å². The van der Waals surface area contributed by atoms with Crippen LogP contribution >= 0.6 is 11.8 Å². The minimum Gasteiger partial charge on any atom is -0.159 e. The first-order valence-electron chi connectivity index (χ1n) is 11.9. The molecule has 0 aromatic carbocycles. The molecule has 3 atom stereocenters. The Morgan fingerprint density at radius 3 is 1.89 bits per heavy atom. The van der Waals surface area contributed by atoms with E-state index in [4.69, 9.17) is 0 Å². The summed E-state index contributed by atoms with van der Waals surface area (Å²) in [7, 11) is 0. The summed E-state index contributed by atoms with van der Waals surface area (Å²) in [5.41, 5.74) is 0.479. The van der Waals surface area contributed by atoms with Gasteiger partial charge >= 0.3 is 0 Å². The molecule has 3 unspecified atom stereocenters. The molecule has 0 amide bonds. The number of rotatable bonds is 15. The van der Waals surface area contributed by atoms with Crippen molar-refractivity contribution in [1.82, 2.24) is 0 Å². The van der Waals surface area contributed by atoms with Crippen molar-refractivity contribution in [3.8, 4) is 0 Å². The van der Waals surface area contributed by atoms with Gasteiger partial charge in [0, 0.05) is 4.75 Å². The van der Waals surface area contributed by atoms with Crippen LogP contribution in [0.25, 0.3) is 0 Å². The number of hydrogen-bond acceptors (Lipinski definition) is 1.